The van der Waals surface area contributed by atoms with E-state index in [1.54, 1.807) is 7.05 Å². The first-order chi connectivity index (χ1) is 8.71. The van der Waals surface area contributed by atoms with Gasteiger partial charge in [0.2, 0.25) is 0 Å². The first-order valence-electron chi connectivity index (χ1n) is 6.26. The second-order valence-electron chi connectivity index (χ2n) is 5.89. The molecule has 1 aromatic heterocycles. The monoisotopic (exact) mass is 268 g/mol. The van der Waals surface area contributed by atoms with Crippen molar-refractivity contribution in [2.24, 2.45) is 7.05 Å². The van der Waals surface area contributed by atoms with Crippen LogP contribution >= 0.6 is 0 Å². The van der Waals surface area contributed by atoms with E-state index in [-0.39, 0.29) is 6.54 Å². The summed E-state index contributed by atoms with van der Waals surface area (Å²) in [6.45, 7) is 6.06. The van der Waals surface area contributed by atoms with Gasteiger partial charge in [-0.15, -0.1) is 0 Å². The van der Waals surface area contributed by atoms with Gasteiger partial charge in [-0.25, -0.2) is 9.78 Å². The summed E-state index contributed by atoms with van der Waals surface area (Å²) in [5.74, 6) is 0.471. The minimum Gasteiger partial charge on any atom is -0.444 e. The maximum Gasteiger partial charge on any atom is 0.410 e. The fourth-order valence-corrected chi connectivity index (χ4v) is 2.18. The van der Waals surface area contributed by atoms with Gasteiger partial charge >= 0.3 is 6.09 Å². The van der Waals surface area contributed by atoms with E-state index >= 15 is 0 Å². The molecule has 1 aliphatic heterocycles. The Balaban J connectivity index is 2.08. The Morgan fingerprint density at radius 2 is 2.21 bits per heavy atom. The first kappa shape index (κ1) is 13.8. The molecular weight excluding hydrogens is 248 g/mol. The van der Waals surface area contributed by atoms with Gasteiger partial charge in [-0.2, -0.15) is 5.10 Å². The Morgan fingerprint density at radius 1 is 1.53 bits per heavy atom. The number of amides is 1. The summed E-state index contributed by atoms with van der Waals surface area (Å²) in [5.41, 5.74) is -1.69. The largest absolute Gasteiger partial charge is 0.444 e. The average molecular weight is 268 g/mol. The highest BCUT2D eigenvalue weighted by molar-refractivity contribution is 5.68. The molecule has 1 amide bonds. The van der Waals surface area contributed by atoms with E-state index < -0.39 is 17.3 Å². The Bertz CT molecular complexity index is 480. The zero-order valence-electron chi connectivity index (χ0n) is 11.8. The number of rotatable bonds is 1. The number of carbonyl (C=O) groups excluding carboxylic acids is 1. The molecule has 0 radical (unpaired) electrons. The molecule has 7 nitrogen and oxygen atoms in total. The predicted octanol–water partition coefficient (Wildman–Crippen LogP) is 0.643. The van der Waals surface area contributed by atoms with Crippen molar-refractivity contribution < 1.29 is 14.6 Å². The number of carbonyl (C=O) groups is 1. The molecule has 1 fully saturated rings. The van der Waals surface area contributed by atoms with E-state index in [4.69, 9.17) is 4.74 Å². The lowest BCUT2D eigenvalue weighted by molar-refractivity contribution is 0.00967. The minimum atomic E-state index is -1.15. The molecule has 7 heteroatoms. The van der Waals surface area contributed by atoms with Crippen molar-refractivity contribution >= 4 is 6.09 Å². The molecule has 0 spiro atoms. The Labute approximate surface area is 112 Å². The molecule has 0 aliphatic carbocycles. The first-order valence-corrected chi connectivity index (χ1v) is 6.26. The summed E-state index contributed by atoms with van der Waals surface area (Å²) in [7, 11) is 1.72. The molecule has 1 atom stereocenters. The Kier molecular flexibility index (Phi) is 3.25. The third kappa shape index (κ3) is 2.86. The van der Waals surface area contributed by atoms with Crippen molar-refractivity contribution in [1.82, 2.24) is 19.7 Å². The molecule has 1 aromatic rings. The van der Waals surface area contributed by atoms with Crippen molar-refractivity contribution in [3.05, 3.63) is 12.2 Å². The molecule has 19 heavy (non-hydrogen) atoms. The van der Waals surface area contributed by atoms with Crippen LogP contribution in [-0.2, 0) is 17.4 Å². The third-order valence-electron chi connectivity index (χ3n) is 3.03. The van der Waals surface area contributed by atoms with Gasteiger partial charge in [-0.3, -0.25) is 4.68 Å². The normalized spacial score (nSPS) is 23.7. The summed E-state index contributed by atoms with van der Waals surface area (Å²) in [6.07, 6.45) is 1.41. The van der Waals surface area contributed by atoms with Crippen LogP contribution in [0.1, 0.15) is 33.0 Å². The quantitative estimate of drug-likeness (QED) is 0.808. The van der Waals surface area contributed by atoms with Gasteiger partial charge < -0.3 is 14.7 Å². The van der Waals surface area contributed by atoms with Crippen molar-refractivity contribution in [2.45, 2.75) is 38.4 Å². The van der Waals surface area contributed by atoms with Crippen LogP contribution in [-0.4, -0.2) is 49.6 Å². The second kappa shape index (κ2) is 4.48. The minimum absolute atomic E-state index is 0.175. The smallest absolute Gasteiger partial charge is 0.410 e. The van der Waals surface area contributed by atoms with E-state index in [2.05, 4.69) is 10.1 Å². The molecule has 0 aromatic carbocycles. The highest BCUT2D eigenvalue weighted by Gasteiger charge is 2.43. The van der Waals surface area contributed by atoms with E-state index in [0.717, 1.165) is 0 Å². The van der Waals surface area contributed by atoms with E-state index in [9.17, 15) is 9.90 Å². The number of hydrogen-bond acceptors (Lipinski definition) is 5. The standard InChI is InChI=1S/C12H20N4O3/c1-11(2,3)19-10(17)16-6-5-12(18,7-16)9-13-8-14-15(9)4/h8,18H,5-7H2,1-4H3. The molecule has 2 heterocycles. The molecule has 1 aliphatic rings. The van der Waals surface area contributed by atoms with Crippen LogP contribution in [0, 0.1) is 0 Å². The van der Waals surface area contributed by atoms with Crippen LogP contribution in [0.3, 0.4) is 0 Å². The second-order valence-corrected chi connectivity index (χ2v) is 5.89. The molecule has 106 valence electrons. The van der Waals surface area contributed by atoms with Crippen LogP contribution in [0.15, 0.2) is 6.33 Å². The predicted molar refractivity (Wildman–Crippen MR) is 67.3 cm³/mol. The summed E-state index contributed by atoms with van der Waals surface area (Å²) in [6, 6.07) is 0. The van der Waals surface area contributed by atoms with Crippen LogP contribution in [0.2, 0.25) is 0 Å². The fourth-order valence-electron chi connectivity index (χ4n) is 2.18. The third-order valence-corrected chi connectivity index (χ3v) is 3.03. The zero-order chi connectivity index (χ0) is 14.3. The van der Waals surface area contributed by atoms with E-state index in [1.165, 1.54) is 15.9 Å². The highest BCUT2D eigenvalue weighted by Crippen LogP contribution is 2.30. The van der Waals surface area contributed by atoms with Gasteiger partial charge in [0.15, 0.2) is 5.82 Å². The number of β-amino-alcohol motifs (C(OH)–C–C–N with tert-alkyl or cyclic N) is 1. The highest BCUT2D eigenvalue weighted by atomic mass is 16.6. The van der Waals surface area contributed by atoms with Gasteiger partial charge in [-0.05, 0) is 20.8 Å². The lowest BCUT2D eigenvalue weighted by Crippen LogP contribution is -2.39. The van der Waals surface area contributed by atoms with E-state index in [0.29, 0.717) is 18.8 Å². The van der Waals surface area contributed by atoms with Crippen LogP contribution in [0.4, 0.5) is 4.79 Å². The molecule has 1 saturated heterocycles. The molecule has 1 unspecified atom stereocenters. The van der Waals surface area contributed by atoms with Crippen LogP contribution in [0.5, 0.6) is 0 Å². The lowest BCUT2D eigenvalue weighted by atomic mass is 10.0. The Morgan fingerprint density at radius 3 is 2.74 bits per heavy atom. The number of hydrogen-bond donors (Lipinski definition) is 1. The van der Waals surface area contributed by atoms with E-state index in [1.807, 2.05) is 20.8 Å². The van der Waals surface area contributed by atoms with Gasteiger partial charge in [-0.1, -0.05) is 0 Å². The van der Waals surface area contributed by atoms with Gasteiger partial charge in [0.1, 0.15) is 17.5 Å². The van der Waals surface area contributed by atoms with Crippen LogP contribution < -0.4 is 0 Å². The van der Waals surface area contributed by atoms with Crippen molar-refractivity contribution in [3.63, 3.8) is 0 Å². The van der Waals surface area contributed by atoms with Crippen molar-refractivity contribution in [3.8, 4) is 0 Å². The number of nitrogens with zero attached hydrogens (tertiary/aromatic N) is 4. The maximum absolute atomic E-state index is 12.0. The summed E-state index contributed by atoms with van der Waals surface area (Å²) < 4.78 is 6.82. The van der Waals surface area contributed by atoms with Gasteiger partial charge in [0.05, 0.1) is 6.54 Å². The summed E-state index contributed by atoms with van der Waals surface area (Å²) in [5, 5.41) is 14.5. The maximum atomic E-state index is 12.0. The molecule has 1 N–H and O–H groups in total. The number of aromatic nitrogens is 3. The lowest BCUT2D eigenvalue weighted by Gasteiger charge is -2.25. The topological polar surface area (TPSA) is 80.5 Å². The van der Waals surface area contributed by atoms with Crippen LogP contribution in [0.25, 0.3) is 0 Å². The molecule has 2 rings (SSSR count). The molecular formula is C12H20N4O3. The molecule has 0 bridgehead atoms. The van der Waals surface area contributed by atoms with Crippen molar-refractivity contribution in [2.75, 3.05) is 13.1 Å². The fraction of sp³-hybridized carbons (Fsp3) is 0.750. The SMILES string of the molecule is Cn1ncnc1C1(O)CCN(C(=O)OC(C)(C)C)C1. The van der Waals surface area contributed by atoms with Gasteiger partial charge in [0.25, 0.3) is 0 Å². The Hall–Kier alpha value is -1.63. The van der Waals surface area contributed by atoms with Gasteiger partial charge in [0, 0.05) is 20.0 Å². The summed E-state index contributed by atoms with van der Waals surface area (Å²) >= 11 is 0. The van der Waals surface area contributed by atoms with Crippen molar-refractivity contribution in [1.29, 1.82) is 0 Å². The number of aliphatic hydroxyl groups is 1. The average Bonchev–Trinajstić information content (AvgIpc) is 2.83. The number of aryl methyl sites for hydroxylation is 1. The number of ether oxygens (including phenoxy) is 1. The number of likely N-dealkylation sites (tertiary alicyclic amines) is 1. The zero-order valence-corrected chi connectivity index (χ0v) is 11.8. The molecule has 0 saturated carbocycles. The summed E-state index contributed by atoms with van der Waals surface area (Å²) in [4.78, 5) is 17.5.